The summed E-state index contributed by atoms with van der Waals surface area (Å²) < 4.78 is 46.6. The first-order chi connectivity index (χ1) is 13.2. The number of amidine groups is 1. The van der Waals surface area contributed by atoms with Crippen molar-refractivity contribution in [1.82, 2.24) is 4.98 Å². The maximum absolute atomic E-state index is 14.5. The van der Waals surface area contributed by atoms with Crippen LogP contribution < -0.4 is 11.1 Å². The number of rotatable bonds is 4. The fourth-order valence-electron chi connectivity index (χ4n) is 2.96. The number of halogens is 4. The van der Waals surface area contributed by atoms with E-state index >= 15 is 0 Å². The number of ether oxygens (including phenoxy) is 1. The molecule has 3 rings (SSSR count). The number of alkyl halides is 2. The molecular formula is C18H16ClF3N4O2. The van der Waals surface area contributed by atoms with Crippen molar-refractivity contribution in [2.24, 2.45) is 10.7 Å². The fraction of sp³-hybridized carbons (Fsp3) is 0.278. The molecule has 0 saturated carbocycles. The lowest BCUT2D eigenvalue weighted by atomic mass is 9.85. The van der Waals surface area contributed by atoms with Crippen LogP contribution in [0.1, 0.15) is 23.0 Å². The molecule has 10 heteroatoms. The summed E-state index contributed by atoms with van der Waals surface area (Å²) in [5, 5.41) is 2.90. The van der Waals surface area contributed by atoms with Crippen LogP contribution in [0.3, 0.4) is 0 Å². The van der Waals surface area contributed by atoms with Gasteiger partial charge in [-0.15, -0.1) is 0 Å². The third kappa shape index (κ3) is 3.95. The number of benzene rings is 1. The Bertz CT molecular complexity index is 924. The van der Waals surface area contributed by atoms with E-state index in [0.29, 0.717) is 5.02 Å². The van der Waals surface area contributed by atoms with Crippen LogP contribution in [-0.4, -0.2) is 35.9 Å². The average Bonchev–Trinajstić information content (AvgIpc) is 2.63. The van der Waals surface area contributed by atoms with Gasteiger partial charge in [-0.3, -0.25) is 9.79 Å². The lowest BCUT2D eigenvalue weighted by molar-refractivity contribution is -0.0883. The highest BCUT2D eigenvalue weighted by atomic mass is 35.5. The zero-order chi connectivity index (χ0) is 20.5. The normalized spacial score (nSPS) is 22.1. The number of aromatic nitrogens is 1. The average molecular weight is 413 g/mol. The minimum atomic E-state index is -2.92. The lowest BCUT2D eigenvalue weighted by Gasteiger charge is -2.37. The minimum Gasteiger partial charge on any atom is -0.386 e. The van der Waals surface area contributed by atoms with Crippen molar-refractivity contribution in [1.29, 1.82) is 0 Å². The predicted molar refractivity (Wildman–Crippen MR) is 98.3 cm³/mol. The predicted octanol–water partition coefficient (Wildman–Crippen LogP) is 3.36. The van der Waals surface area contributed by atoms with Crippen LogP contribution in [0.15, 0.2) is 41.5 Å². The van der Waals surface area contributed by atoms with Crippen molar-refractivity contribution in [2.45, 2.75) is 25.0 Å². The minimum absolute atomic E-state index is 0.0291. The molecule has 0 radical (unpaired) electrons. The van der Waals surface area contributed by atoms with E-state index in [0.717, 1.165) is 6.07 Å². The Morgan fingerprint density at radius 2 is 2.14 bits per heavy atom. The number of amides is 1. The number of carbonyl (C=O) groups excluding carboxylic acids is 1. The summed E-state index contributed by atoms with van der Waals surface area (Å²) in [4.78, 5) is 20.2. The van der Waals surface area contributed by atoms with Gasteiger partial charge in [0, 0.05) is 17.4 Å². The highest BCUT2D eigenvalue weighted by molar-refractivity contribution is 6.30. The first-order valence-electron chi connectivity index (χ1n) is 8.17. The molecule has 2 aromatic rings. The van der Waals surface area contributed by atoms with Crippen LogP contribution in [0.2, 0.25) is 5.02 Å². The number of carbonyl (C=O) groups is 1. The number of nitrogens with zero attached hydrogens (tertiary/aromatic N) is 2. The Morgan fingerprint density at radius 3 is 2.79 bits per heavy atom. The summed E-state index contributed by atoms with van der Waals surface area (Å²) in [6, 6.07) is 6.48. The number of aliphatic imine (C=N–C) groups is 1. The van der Waals surface area contributed by atoms with Gasteiger partial charge in [0.15, 0.2) is 0 Å². The van der Waals surface area contributed by atoms with Gasteiger partial charge in [-0.25, -0.2) is 18.2 Å². The zero-order valence-corrected chi connectivity index (χ0v) is 15.4. The molecule has 1 aliphatic heterocycles. The molecule has 0 saturated heterocycles. The first kappa shape index (κ1) is 20.1. The van der Waals surface area contributed by atoms with Crippen LogP contribution in [0, 0.1) is 5.82 Å². The second-order valence-corrected chi connectivity index (χ2v) is 6.76. The van der Waals surface area contributed by atoms with Crippen LogP contribution in [0.4, 0.5) is 18.9 Å². The fourth-order valence-corrected chi connectivity index (χ4v) is 3.07. The molecule has 1 aromatic carbocycles. The second kappa shape index (κ2) is 7.76. The van der Waals surface area contributed by atoms with E-state index in [1.165, 1.54) is 37.4 Å². The standard InChI is InChI=1S/C18H16ClF3N4O2/c1-18(15(16(21)22)28-8-14(23)26-18)11-6-10(3-4-12(11)20)25-17(27)13-5-2-9(19)7-24-13/h2-7,15-16H,8H2,1H3,(H2,23,26)(H,25,27)/t15-,18+/m0/s1. The van der Waals surface area contributed by atoms with E-state index < -0.39 is 29.8 Å². The van der Waals surface area contributed by atoms with Gasteiger partial charge in [-0.1, -0.05) is 11.6 Å². The smallest absolute Gasteiger partial charge is 0.274 e. The summed E-state index contributed by atoms with van der Waals surface area (Å²) in [7, 11) is 0. The molecule has 3 N–H and O–H groups in total. The van der Waals surface area contributed by atoms with Gasteiger partial charge in [0.2, 0.25) is 0 Å². The van der Waals surface area contributed by atoms with Gasteiger partial charge in [-0.05, 0) is 37.3 Å². The van der Waals surface area contributed by atoms with Gasteiger partial charge in [0.25, 0.3) is 12.3 Å². The number of nitrogens with two attached hydrogens (primary N) is 1. The van der Waals surface area contributed by atoms with Crippen molar-refractivity contribution in [2.75, 3.05) is 11.9 Å². The Balaban J connectivity index is 1.95. The van der Waals surface area contributed by atoms with Crippen molar-refractivity contribution >= 4 is 29.0 Å². The highest BCUT2D eigenvalue weighted by Gasteiger charge is 2.46. The molecule has 1 aromatic heterocycles. The Kier molecular flexibility index (Phi) is 5.57. The molecule has 0 bridgehead atoms. The van der Waals surface area contributed by atoms with Gasteiger partial charge in [-0.2, -0.15) is 0 Å². The monoisotopic (exact) mass is 412 g/mol. The molecule has 28 heavy (non-hydrogen) atoms. The molecule has 0 unspecified atom stereocenters. The molecule has 0 fully saturated rings. The van der Waals surface area contributed by atoms with Crippen LogP contribution in [-0.2, 0) is 10.3 Å². The number of nitrogens with one attached hydrogen (secondary N) is 1. The van der Waals surface area contributed by atoms with Gasteiger partial charge in [0.1, 0.15) is 35.6 Å². The molecule has 6 nitrogen and oxygen atoms in total. The third-order valence-electron chi connectivity index (χ3n) is 4.30. The molecule has 1 aliphatic rings. The number of pyridine rings is 1. The van der Waals surface area contributed by atoms with E-state index in [9.17, 15) is 18.0 Å². The van der Waals surface area contributed by atoms with Crippen molar-refractivity contribution in [3.63, 3.8) is 0 Å². The van der Waals surface area contributed by atoms with Gasteiger partial charge >= 0.3 is 0 Å². The molecule has 2 atom stereocenters. The van der Waals surface area contributed by atoms with Crippen LogP contribution in [0.25, 0.3) is 0 Å². The molecule has 148 valence electrons. The summed E-state index contributed by atoms with van der Waals surface area (Å²) in [5.74, 6) is -1.39. The lowest BCUT2D eigenvalue weighted by Crippen LogP contribution is -2.49. The number of hydrogen-bond donors (Lipinski definition) is 2. The second-order valence-electron chi connectivity index (χ2n) is 6.33. The van der Waals surface area contributed by atoms with E-state index in [4.69, 9.17) is 22.1 Å². The quantitative estimate of drug-likeness (QED) is 0.805. The van der Waals surface area contributed by atoms with Crippen LogP contribution in [0.5, 0.6) is 0 Å². The first-order valence-corrected chi connectivity index (χ1v) is 8.55. The maximum atomic E-state index is 14.5. The zero-order valence-electron chi connectivity index (χ0n) is 14.6. The van der Waals surface area contributed by atoms with Crippen LogP contribution >= 0.6 is 11.6 Å². The molecule has 1 amide bonds. The summed E-state index contributed by atoms with van der Waals surface area (Å²) >= 11 is 5.74. The number of hydrogen-bond acceptors (Lipinski definition) is 5. The van der Waals surface area contributed by atoms with E-state index in [2.05, 4.69) is 15.3 Å². The summed E-state index contributed by atoms with van der Waals surface area (Å²) in [6.45, 7) is 1.03. The number of anilines is 1. The Hall–Kier alpha value is -2.65. The summed E-state index contributed by atoms with van der Waals surface area (Å²) in [6.07, 6.45) is -3.31. The Morgan fingerprint density at radius 1 is 1.39 bits per heavy atom. The Labute approximate surface area is 163 Å². The van der Waals surface area contributed by atoms with Crippen molar-refractivity contribution in [3.05, 3.63) is 58.6 Å². The van der Waals surface area contributed by atoms with E-state index in [1.807, 2.05) is 0 Å². The topological polar surface area (TPSA) is 89.6 Å². The largest absolute Gasteiger partial charge is 0.386 e. The molecule has 2 heterocycles. The van der Waals surface area contributed by atoms with Gasteiger partial charge < -0.3 is 15.8 Å². The maximum Gasteiger partial charge on any atom is 0.274 e. The SMILES string of the molecule is C[C@]1(c2cc(NC(=O)c3ccc(Cl)cn3)ccc2F)N=C(N)CO[C@H]1C(F)F. The third-order valence-corrected chi connectivity index (χ3v) is 4.52. The molecule has 0 aliphatic carbocycles. The van der Waals surface area contributed by atoms with E-state index in [-0.39, 0.29) is 29.4 Å². The highest BCUT2D eigenvalue weighted by Crippen LogP contribution is 2.39. The van der Waals surface area contributed by atoms with Crippen molar-refractivity contribution < 1.29 is 22.7 Å². The van der Waals surface area contributed by atoms with Gasteiger partial charge in [0.05, 0.1) is 5.02 Å². The van der Waals surface area contributed by atoms with E-state index in [1.54, 1.807) is 0 Å². The summed E-state index contributed by atoms with van der Waals surface area (Å²) in [5.41, 5.74) is 3.95. The van der Waals surface area contributed by atoms with Crippen molar-refractivity contribution in [3.8, 4) is 0 Å². The molecule has 0 spiro atoms. The molecular weight excluding hydrogens is 397 g/mol.